The topological polar surface area (TPSA) is 64.1 Å². The lowest BCUT2D eigenvalue weighted by Gasteiger charge is -2.09. The van der Waals surface area contributed by atoms with Crippen molar-refractivity contribution in [2.45, 2.75) is 24.4 Å². The first kappa shape index (κ1) is 19.0. The van der Waals surface area contributed by atoms with Crippen LogP contribution in [0.3, 0.4) is 0 Å². The van der Waals surface area contributed by atoms with Gasteiger partial charge >= 0.3 is 12.1 Å². The second-order valence-electron chi connectivity index (χ2n) is 5.02. The number of alkyl halides is 3. The van der Waals surface area contributed by atoms with Crippen molar-refractivity contribution in [2.75, 3.05) is 18.6 Å². The fraction of sp³-hybridized carbons (Fsp3) is 0.312. The SMILES string of the molecule is CNc1cc(COC(=O)Cc2cccc(C(F)(F)F)c2)nc(SC)n1. The average Bonchev–Trinajstić information content (AvgIpc) is 2.59. The third-order valence-corrected chi connectivity index (χ3v) is 3.73. The van der Waals surface area contributed by atoms with E-state index in [0.717, 1.165) is 12.1 Å². The van der Waals surface area contributed by atoms with Crippen LogP contribution in [0.15, 0.2) is 35.5 Å². The maximum atomic E-state index is 12.7. The molecule has 0 fully saturated rings. The predicted molar refractivity (Wildman–Crippen MR) is 88.3 cm³/mol. The number of carbonyl (C=O) groups is 1. The zero-order valence-corrected chi connectivity index (χ0v) is 14.4. The Morgan fingerprint density at radius 1 is 1.28 bits per heavy atom. The molecule has 2 aromatic rings. The van der Waals surface area contributed by atoms with Gasteiger partial charge in [-0.15, -0.1) is 0 Å². The first-order chi connectivity index (χ1) is 11.8. The van der Waals surface area contributed by atoms with Crippen molar-refractivity contribution in [2.24, 2.45) is 0 Å². The van der Waals surface area contributed by atoms with Crippen LogP contribution < -0.4 is 5.32 Å². The molecule has 0 unspecified atom stereocenters. The minimum absolute atomic E-state index is 0.0808. The summed E-state index contributed by atoms with van der Waals surface area (Å²) >= 11 is 1.34. The Morgan fingerprint density at radius 2 is 2.04 bits per heavy atom. The lowest BCUT2D eigenvalue weighted by atomic mass is 10.1. The van der Waals surface area contributed by atoms with E-state index < -0.39 is 17.7 Å². The maximum absolute atomic E-state index is 12.7. The monoisotopic (exact) mass is 371 g/mol. The van der Waals surface area contributed by atoms with Crippen molar-refractivity contribution >= 4 is 23.5 Å². The number of hydrogen-bond donors (Lipinski definition) is 1. The zero-order chi connectivity index (χ0) is 18.4. The van der Waals surface area contributed by atoms with E-state index in [1.807, 2.05) is 6.26 Å². The highest BCUT2D eigenvalue weighted by Crippen LogP contribution is 2.29. The van der Waals surface area contributed by atoms with Gasteiger partial charge in [-0.2, -0.15) is 13.2 Å². The Morgan fingerprint density at radius 3 is 2.68 bits per heavy atom. The normalized spacial score (nSPS) is 11.2. The molecule has 0 radical (unpaired) electrons. The summed E-state index contributed by atoms with van der Waals surface area (Å²) in [7, 11) is 1.70. The Hall–Kier alpha value is -2.29. The number of hydrogen-bond acceptors (Lipinski definition) is 6. The first-order valence-corrected chi connectivity index (χ1v) is 8.45. The fourth-order valence-electron chi connectivity index (χ4n) is 2.00. The number of carbonyl (C=O) groups excluding carboxylic acids is 1. The van der Waals surface area contributed by atoms with Crippen LogP contribution in [0.2, 0.25) is 0 Å². The molecule has 0 aliphatic carbocycles. The molecule has 1 aromatic carbocycles. The van der Waals surface area contributed by atoms with Crippen LogP contribution in [0, 0.1) is 0 Å². The van der Waals surface area contributed by atoms with E-state index >= 15 is 0 Å². The van der Waals surface area contributed by atoms with Crippen LogP contribution in [0.25, 0.3) is 0 Å². The summed E-state index contributed by atoms with van der Waals surface area (Å²) in [4.78, 5) is 20.3. The molecule has 9 heteroatoms. The van der Waals surface area contributed by atoms with E-state index in [1.165, 1.54) is 23.9 Å². The number of thioether (sulfide) groups is 1. The Labute approximate surface area is 147 Å². The predicted octanol–water partition coefficient (Wildman–Crippen LogP) is 3.54. The van der Waals surface area contributed by atoms with Crippen LogP contribution >= 0.6 is 11.8 Å². The van der Waals surface area contributed by atoms with Gasteiger partial charge in [-0.05, 0) is 17.9 Å². The van der Waals surface area contributed by atoms with Gasteiger partial charge in [0.2, 0.25) is 0 Å². The number of rotatable bonds is 6. The molecule has 0 atom stereocenters. The Balaban J connectivity index is 1.99. The number of ether oxygens (including phenoxy) is 1. The summed E-state index contributed by atoms with van der Waals surface area (Å²) in [6, 6.07) is 6.25. The molecule has 1 aromatic heterocycles. The standard InChI is InChI=1S/C16H16F3N3O2S/c1-20-13-8-12(21-15(22-13)25-2)9-24-14(23)7-10-4-3-5-11(6-10)16(17,18)19/h3-6,8H,7,9H2,1-2H3,(H,20,21,22). The van der Waals surface area contributed by atoms with Gasteiger partial charge in [-0.3, -0.25) is 4.79 Å². The summed E-state index contributed by atoms with van der Waals surface area (Å²) in [5.41, 5.74) is -0.0544. The third kappa shape index (κ3) is 5.63. The molecule has 0 bridgehead atoms. The summed E-state index contributed by atoms with van der Waals surface area (Å²) in [6.45, 7) is -0.0808. The van der Waals surface area contributed by atoms with E-state index in [1.54, 1.807) is 13.1 Å². The van der Waals surface area contributed by atoms with Gasteiger partial charge in [0.05, 0.1) is 17.7 Å². The van der Waals surface area contributed by atoms with Crippen molar-refractivity contribution in [1.29, 1.82) is 0 Å². The van der Waals surface area contributed by atoms with Crippen LogP contribution in [0.4, 0.5) is 19.0 Å². The third-order valence-electron chi connectivity index (χ3n) is 3.18. The van der Waals surface area contributed by atoms with Crippen LogP contribution in [0.5, 0.6) is 0 Å². The van der Waals surface area contributed by atoms with E-state index in [2.05, 4.69) is 15.3 Å². The molecule has 1 heterocycles. The van der Waals surface area contributed by atoms with Crippen LogP contribution in [-0.2, 0) is 28.7 Å². The van der Waals surface area contributed by atoms with Crippen molar-refractivity contribution in [3.05, 3.63) is 47.2 Å². The van der Waals surface area contributed by atoms with E-state index in [0.29, 0.717) is 16.7 Å². The molecule has 5 nitrogen and oxygen atoms in total. The molecule has 2 rings (SSSR count). The molecule has 0 amide bonds. The number of halogens is 3. The summed E-state index contributed by atoms with van der Waals surface area (Å²) < 4.78 is 43.1. The molecule has 25 heavy (non-hydrogen) atoms. The number of benzene rings is 1. The number of aromatic nitrogens is 2. The molecule has 0 saturated carbocycles. The lowest BCUT2D eigenvalue weighted by molar-refractivity contribution is -0.144. The molecule has 0 saturated heterocycles. The van der Waals surface area contributed by atoms with Crippen molar-refractivity contribution in [1.82, 2.24) is 9.97 Å². The largest absolute Gasteiger partial charge is 0.459 e. The van der Waals surface area contributed by atoms with Crippen molar-refractivity contribution in [3.8, 4) is 0 Å². The minimum atomic E-state index is -4.45. The van der Waals surface area contributed by atoms with Gasteiger partial charge in [0.15, 0.2) is 5.16 Å². The van der Waals surface area contributed by atoms with Gasteiger partial charge in [-0.25, -0.2) is 9.97 Å². The molecule has 0 spiro atoms. The van der Waals surface area contributed by atoms with E-state index in [-0.39, 0.29) is 18.6 Å². The highest BCUT2D eigenvalue weighted by atomic mass is 32.2. The minimum Gasteiger partial charge on any atom is -0.459 e. The van der Waals surface area contributed by atoms with Crippen molar-refractivity contribution < 1.29 is 22.7 Å². The quantitative estimate of drug-likeness (QED) is 0.476. The summed E-state index contributed by atoms with van der Waals surface area (Å²) in [5, 5.41) is 3.40. The summed E-state index contributed by atoms with van der Waals surface area (Å²) in [6.07, 6.45) is -2.87. The lowest BCUT2D eigenvalue weighted by Crippen LogP contribution is -2.11. The second kappa shape index (κ2) is 8.19. The summed E-state index contributed by atoms with van der Waals surface area (Å²) in [5.74, 6) is -0.0436. The molecule has 0 aliphatic heterocycles. The first-order valence-electron chi connectivity index (χ1n) is 7.23. The molecule has 0 aliphatic rings. The van der Waals surface area contributed by atoms with Gasteiger partial charge in [-0.1, -0.05) is 30.0 Å². The smallest absolute Gasteiger partial charge is 0.416 e. The Bertz CT molecular complexity index is 731. The van der Waals surface area contributed by atoms with E-state index in [9.17, 15) is 18.0 Å². The number of nitrogens with zero attached hydrogens (tertiary/aromatic N) is 2. The van der Waals surface area contributed by atoms with E-state index in [4.69, 9.17) is 4.74 Å². The van der Waals surface area contributed by atoms with Gasteiger partial charge < -0.3 is 10.1 Å². The van der Waals surface area contributed by atoms with Gasteiger partial charge in [0, 0.05) is 13.1 Å². The molecular weight excluding hydrogens is 355 g/mol. The molecule has 1 N–H and O–H groups in total. The van der Waals surface area contributed by atoms with Gasteiger partial charge in [0.1, 0.15) is 12.4 Å². The van der Waals surface area contributed by atoms with Crippen LogP contribution in [0.1, 0.15) is 16.8 Å². The van der Waals surface area contributed by atoms with Crippen molar-refractivity contribution in [3.63, 3.8) is 0 Å². The fourth-order valence-corrected chi connectivity index (χ4v) is 2.39. The number of anilines is 1. The molecular formula is C16H16F3N3O2S. The average molecular weight is 371 g/mol. The number of esters is 1. The second-order valence-corrected chi connectivity index (χ2v) is 5.79. The maximum Gasteiger partial charge on any atom is 0.416 e. The zero-order valence-electron chi connectivity index (χ0n) is 13.6. The number of nitrogens with one attached hydrogen (secondary N) is 1. The Kier molecular flexibility index (Phi) is 6.24. The highest BCUT2D eigenvalue weighted by Gasteiger charge is 2.30. The molecule has 134 valence electrons. The van der Waals surface area contributed by atoms with Crippen LogP contribution in [-0.4, -0.2) is 29.2 Å². The highest BCUT2D eigenvalue weighted by molar-refractivity contribution is 7.98. The van der Waals surface area contributed by atoms with Gasteiger partial charge in [0.25, 0.3) is 0 Å².